The molecule has 0 fully saturated rings. The van der Waals surface area contributed by atoms with Gasteiger partial charge in [0.2, 0.25) is 10.0 Å². The van der Waals surface area contributed by atoms with E-state index in [1.54, 1.807) is 31.2 Å². The second kappa shape index (κ2) is 8.65. The maximum absolute atomic E-state index is 12.5. The lowest BCUT2D eigenvalue weighted by atomic mass is 10.00. The van der Waals surface area contributed by atoms with E-state index in [1.807, 2.05) is 32.9 Å². The Morgan fingerprint density at radius 1 is 1.07 bits per heavy atom. The molecule has 28 heavy (non-hydrogen) atoms. The van der Waals surface area contributed by atoms with Gasteiger partial charge in [0, 0.05) is 7.05 Å². The number of anilines is 1. The van der Waals surface area contributed by atoms with Crippen molar-refractivity contribution in [3.05, 3.63) is 59.2 Å². The number of amides is 1. The van der Waals surface area contributed by atoms with E-state index < -0.39 is 16.1 Å². The summed E-state index contributed by atoms with van der Waals surface area (Å²) in [6.07, 6.45) is 0.451. The number of benzene rings is 2. The van der Waals surface area contributed by atoms with E-state index in [4.69, 9.17) is 4.74 Å². The van der Waals surface area contributed by atoms with Crippen LogP contribution < -0.4 is 14.4 Å². The fourth-order valence-corrected chi connectivity index (χ4v) is 3.32. The van der Waals surface area contributed by atoms with Crippen LogP contribution in [-0.4, -0.2) is 33.7 Å². The largest absolute Gasteiger partial charge is 0.481 e. The fourth-order valence-electron chi connectivity index (χ4n) is 2.82. The first-order chi connectivity index (χ1) is 13.0. The molecule has 2 aromatic carbocycles. The summed E-state index contributed by atoms with van der Waals surface area (Å²) in [5.41, 5.74) is 3.87. The number of hydrogen-bond acceptors (Lipinski definition) is 4. The van der Waals surface area contributed by atoms with Gasteiger partial charge in [0.1, 0.15) is 5.75 Å². The van der Waals surface area contributed by atoms with Crippen LogP contribution in [0.2, 0.25) is 0 Å². The van der Waals surface area contributed by atoms with E-state index in [2.05, 4.69) is 11.4 Å². The lowest BCUT2D eigenvalue weighted by Crippen LogP contribution is -2.38. The van der Waals surface area contributed by atoms with Gasteiger partial charge in [-0.1, -0.05) is 23.8 Å². The lowest BCUT2D eigenvalue weighted by Gasteiger charge is -2.21. The molecule has 0 saturated heterocycles. The number of ether oxygens (including phenoxy) is 1. The first kappa shape index (κ1) is 21.8. The average Bonchev–Trinajstić information content (AvgIpc) is 2.62. The van der Waals surface area contributed by atoms with Crippen LogP contribution in [0.15, 0.2) is 42.5 Å². The molecule has 0 bridgehead atoms. The van der Waals surface area contributed by atoms with Crippen molar-refractivity contribution in [3.63, 3.8) is 0 Å². The molecule has 0 radical (unpaired) electrons. The summed E-state index contributed by atoms with van der Waals surface area (Å²) in [7, 11) is -1.84. The number of nitrogens with one attached hydrogen (secondary N) is 1. The van der Waals surface area contributed by atoms with Crippen LogP contribution in [0.3, 0.4) is 0 Å². The second-order valence-corrected chi connectivity index (χ2v) is 9.09. The fraction of sp³-hybridized carbons (Fsp3) is 0.381. The van der Waals surface area contributed by atoms with Crippen molar-refractivity contribution in [3.8, 4) is 5.75 Å². The molecular weight excluding hydrogens is 376 g/mol. The highest BCUT2D eigenvalue weighted by Crippen LogP contribution is 2.22. The highest BCUT2D eigenvalue weighted by Gasteiger charge is 2.19. The maximum atomic E-state index is 12.5. The highest BCUT2D eigenvalue weighted by atomic mass is 32.2. The molecule has 0 aliphatic heterocycles. The SMILES string of the molecule is Cc1ccc(C)c([C@@H](C)NC(=O)[C@@H](C)Oc2ccc(N(C)S(C)(=O)=O)cc2)c1. The second-order valence-electron chi connectivity index (χ2n) is 7.07. The summed E-state index contributed by atoms with van der Waals surface area (Å²) in [4.78, 5) is 12.5. The Labute approximate surface area is 167 Å². The Morgan fingerprint density at radius 3 is 2.25 bits per heavy atom. The summed E-state index contributed by atoms with van der Waals surface area (Å²) in [6.45, 7) is 7.67. The van der Waals surface area contributed by atoms with Crippen LogP contribution >= 0.6 is 0 Å². The Morgan fingerprint density at radius 2 is 1.68 bits per heavy atom. The standard InChI is InChI=1S/C21H28N2O4S/c1-14-7-8-15(2)20(13-14)16(3)22-21(24)17(4)27-19-11-9-18(10-12-19)23(5)28(6,25)26/h7-13,16-17H,1-6H3,(H,22,24)/t16-,17-/m1/s1. The molecule has 7 heteroatoms. The smallest absolute Gasteiger partial charge is 0.261 e. The number of carbonyl (C=O) groups excluding carboxylic acids is 1. The summed E-state index contributed by atoms with van der Waals surface area (Å²) < 4.78 is 30.1. The topological polar surface area (TPSA) is 75.7 Å². The van der Waals surface area contributed by atoms with Gasteiger partial charge in [0.05, 0.1) is 18.0 Å². The van der Waals surface area contributed by atoms with Gasteiger partial charge >= 0.3 is 0 Å². The van der Waals surface area contributed by atoms with Gasteiger partial charge in [-0.25, -0.2) is 8.42 Å². The van der Waals surface area contributed by atoms with E-state index in [-0.39, 0.29) is 11.9 Å². The molecule has 1 N–H and O–H groups in total. The van der Waals surface area contributed by atoms with E-state index in [0.717, 1.165) is 22.9 Å². The monoisotopic (exact) mass is 404 g/mol. The number of sulfonamides is 1. The molecule has 2 rings (SSSR count). The first-order valence-corrected chi connectivity index (χ1v) is 10.9. The van der Waals surface area contributed by atoms with Crippen LogP contribution in [0.25, 0.3) is 0 Å². The molecule has 2 atom stereocenters. The number of hydrogen-bond donors (Lipinski definition) is 1. The van der Waals surface area contributed by atoms with Crippen molar-refractivity contribution < 1.29 is 17.9 Å². The van der Waals surface area contributed by atoms with Crippen LogP contribution in [-0.2, 0) is 14.8 Å². The van der Waals surface area contributed by atoms with Gasteiger partial charge in [0.15, 0.2) is 6.10 Å². The predicted octanol–water partition coefficient (Wildman–Crippen LogP) is 3.34. The van der Waals surface area contributed by atoms with E-state index in [0.29, 0.717) is 11.4 Å². The summed E-state index contributed by atoms with van der Waals surface area (Å²) >= 11 is 0. The molecule has 0 spiro atoms. The van der Waals surface area contributed by atoms with Crippen molar-refractivity contribution in [2.24, 2.45) is 0 Å². The van der Waals surface area contributed by atoms with Crippen molar-refractivity contribution >= 4 is 21.6 Å². The number of nitrogens with zero attached hydrogens (tertiary/aromatic N) is 1. The van der Waals surface area contributed by atoms with Crippen molar-refractivity contribution in [1.82, 2.24) is 5.32 Å². The molecule has 1 amide bonds. The van der Waals surface area contributed by atoms with Crippen molar-refractivity contribution in [2.45, 2.75) is 39.8 Å². The molecular formula is C21H28N2O4S. The minimum Gasteiger partial charge on any atom is -0.481 e. The minimum absolute atomic E-state index is 0.135. The molecule has 0 unspecified atom stereocenters. The normalized spacial score (nSPS) is 13.5. The molecule has 152 valence electrons. The summed E-state index contributed by atoms with van der Waals surface area (Å²) in [5, 5.41) is 2.98. The minimum atomic E-state index is -3.32. The third kappa shape index (κ3) is 5.48. The third-order valence-electron chi connectivity index (χ3n) is 4.64. The Hall–Kier alpha value is -2.54. The molecule has 0 aliphatic carbocycles. The van der Waals surface area contributed by atoms with Crippen LogP contribution in [0, 0.1) is 13.8 Å². The zero-order valence-corrected chi connectivity index (χ0v) is 18.0. The Bertz CT molecular complexity index is 939. The molecule has 2 aromatic rings. The van der Waals surface area contributed by atoms with Crippen molar-refractivity contribution in [1.29, 1.82) is 0 Å². The zero-order valence-electron chi connectivity index (χ0n) is 17.2. The molecule has 0 aromatic heterocycles. The van der Waals surface area contributed by atoms with Gasteiger partial charge in [-0.15, -0.1) is 0 Å². The van der Waals surface area contributed by atoms with E-state index >= 15 is 0 Å². The van der Waals surface area contributed by atoms with E-state index in [1.165, 1.54) is 11.4 Å². The number of rotatable bonds is 7. The van der Waals surface area contributed by atoms with Gasteiger partial charge in [-0.3, -0.25) is 9.10 Å². The van der Waals surface area contributed by atoms with Gasteiger partial charge in [-0.05, 0) is 63.1 Å². The van der Waals surface area contributed by atoms with Gasteiger partial charge < -0.3 is 10.1 Å². The Balaban J connectivity index is 2.01. The lowest BCUT2D eigenvalue weighted by molar-refractivity contribution is -0.127. The highest BCUT2D eigenvalue weighted by molar-refractivity contribution is 7.92. The van der Waals surface area contributed by atoms with Crippen LogP contribution in [0.1, 0.15) is 36.6 Å². The molecule has 0 heterocycles. The Kier molecular flexibility index (Phi) is 6.72. The van der Waals surface area contributed by atoms with Crippen LogP contribution in [0.5, 0.6) is 5.75 Å². The van der Waals surface area contributed by atoms with Gasteiger partial charge in [0.25, 0.3) is 5.91 Å². The van der Waals surface area contributed by atoms with Gasteiger partial charge in [-0.2, -0.15) is 0 Å². The third-order valence-corrected chi connectivity index (χ3v) is 5.85. The average molecular weight is 405 g/mol. The number of carbonyl (C=O) groups is 1. The number of aryl methyl sites for hydroxylation is 2. The van der Waals surface area contributed by atoms with Crippen LogP contribution in [0.4, 0.5) is 5.69 Å². The molecule has 0 aliphatic rings. The predicted molar refractivity (Wildman–Crippen MR) is 112 cm³/mol. The molecule has 6 nitrogen and oxygen atoms in total. The van der Waals surface area contributed by atoms with Crippen molar-refractivity contribution in [2.75, 3.05) is 17.6 Å². The summed E-state index contributed by atoms with van der Waals surface area (Å²) in [6, 6.07) is 12.6. The first-order valence-electron chi connectivity index (χ1n) is 9.07. The molecule has 0 saturated carbocycles. The zero-order chi connectivity index (χ0) is 21.1. The van der Waals surface area contributed by atoms with E-state index in [9.17, 15) is 13.2 Å². The quantitative estimate of drug-likeness (QED) is 0.768. The summed E-state index contributed by atoms with van der Waals surface area (Å²) in [5.74, 6) is 0.276. The maximum Gasteiger partial charge on any atom is 0.261 e.